The first-order chi connectivity index (χ1) is 13.3. The van der Waals surface area contributed by atoms with Crippen LogP contribution >= 0.6 is 11.8 Å². The number of rotatable bonds is 4. The molecule has 3 heterocycles. The molecule has 0 N–H and O–H groups in total. The lowest BCUT2D eigenvalue weighted by Crippen LogP contribution is -2.38. The summed E-state index contributed by atoms with van der Waals surface area (Å²) in [4.78, 5) is 19.1. The third kappa shape index (κ3) is 3.52. The van der Waals surface area contributed by atoms with E-state index in [1.165, 1.54) is 0 Å². The van der Waals surface area contributed by atoms with Gasteiger partial charge >= 0.3 is 0 Å². The topological polar surface area (TPSA) is 73.1 Å². The smallest absolute Gasteiger partial charge is 0.276 e. The molecule has 8 heteroatoms. The Hall–Kier alpha value is -2.87. The molecule has 0 atom stereocenters. The number of benzene rings is 1. The minimum absolute atomic E-state index is 0.0890. The summed E-state index contributed by atoms with van der Waals surface area (Å²) in [5, 5.41) is 8.52. The van der Waals surface area contributed by atoms with Gasteiger partial charge in [-0.2, -0.15) is 11.8 Å². The fourth-order valence-corrected chi connectivity index (χ4v) is 3.91. The number of aromatic nitrogens is 4. The third-order valence-corrected chi connectivity index (χ3v) is 5.37. The van der Waals surface area contributed by atoms with Gasteiger partial charge in [-0.15, -0.1) is 5.10 Å². The summed E-state index contributed by atoms with van der Waals surface area (Å²) < 4.78 is 6.91. The Bertz CT molecular complexity index is 921. The molecule has 4 rings (SSSR count). The van der Waals surface area contributed by atoms with E-state index in [1.807, 2.05) is 53.1 Å². The van der Waals surface area contributed by atoms with Crippen molar-refractivity contribution < 1.29 is 9.53 Å². The number of hydrogen-bond donors (Lipinski definition) is 0. The number of methoxy groups -OCH3 is 1. The van der Waals surface area contributed by atoms with E-state index in [0.29, 0.717) is 11.4 Å². The molecule has 1 amide bonds. The van der Waals surface area contributed by atoms with E-state index >= 15 is 0 Å². The molecule has 0 saturated carbocycles. The highest BCUT2D eigenvalue weighted by molar-refractivity contribution is 7.99. The molecule has 0 aliphatic carbocycles. The zero-order valence-corrected chi connectivity index (χ0v) is 15.7. The highest BCUT2D eigenvalue weighted by Gasteiger charge is 2.27. The Balaban J connectivity index is 1.80. The van der Waals surface area contributed by atoms with Gasteiger partial charge in [-0.1, -0.05) is 5.21 Å². The number of carbonyl (C=O) groups is 1. The second-order valence-electron chi connectivity index (χ2n) is 6.04. The van der Waals surface area contributed by atoms with Crippen molar-refractivity contribution in [2.75, 3.05) is 31.7 Å². The third-order valence-electron chi connectivity index (χ3n) is 4.42. The maximum absolute atomic E-state index is 13.1. The van der Waals surface area contributed by atoms with Crippen LogP contribution in [0.5, 0.6) is 5.75 Å². The van der Waals surface area contributed by atoms with Crippen LogP contribution in [0, 0.1) is 0 Å². The van der Waals surface area contributed by atoms with Gasteiger partial charge in [-0.25, -0.2) is 4.68 Å². The van der Waals surface area contributed by atoms with Crippen LogP contribution in [0.4, 0.5) is 0 Å². The second kappa shape index (κ2) is 7.79. The van der Waals surface area contributed by atoms with Crippen LogP contribution in [0.1, 0.15) is 10.5 Å². The number of pyridine rings is 1. The van der Waals surface area contributed by atoms with E-state index in [1.54, 1.807) is 24.2 Å². The Labute approximate surface area is 161 Å². The molecule has 2 aromatic heterocycles. The summed E-state index contributed by atoms with van der Waals surface area (Å²) in [6.07, 6.45) is 3.43. The first-order valence-corrected chi connectivity index (χ1v) is 9.81. The Kier molecular flexibility index (Phi) is 5.06. The summed E-state index contributed by atoms with van der Waals surface area (Å²) in [6, 6.07) is 11.2. The number of amides is 1. The minimum Gasteiger partial charge on any atom is -0.497 e. The molecule has 3 aromatic rings. The van der Waals surface area contributed by atoms with E-state index in [-0.39, 0.29) is 5.91 Å². The van der Waals surface area contributed by atoms with Gasteiger partial charge in [0.15, 0.2) is 5.69 Å². The van der Waals surface area contributed by atoms with E-state index in [2.05, 4.69) is 15.3 Å². The summed E-state index contributed by atoms with van der Waals surface area (Å²) >= 11 is 1.86. The molecular formula is C19H19N5O2S. The number of carbonyl (C=O) groups excluding carboxylic acids is 1. The zero-order chi connectivity index (χ0) is 18.6. The van der Waals surface area contributed by atoms with E-state index in [4.69, 9.17) is 4.74 Å². The Morgan fingerprint density at radius 2 is 1.93 bits per heavy atom. The molecule has 1 aromatic carbocycles. The van der Waals surface area contributed by atoms with Gasteiger partial charge in [0.05, 0.1) is 12.8 Å². The zero-order valence-electron chi connectivity index (χ0n) is 14.9. The van der Waals surface area contributed by atoms with E-state index < -0.39 is 0 Å². The van der Waals surface area contributed by atoms with Crippen molar-refractivity contribution in [2.24, 2.45) is 0 Å². The van der Waals surface area contributed by atoms with Crippen molar-refractivity contribution in [3.63, 3.8) is 0 Å². The van der Waals surface area contributed by atoms with Gasteiger partial charge in [0, 0.05) is 42.6 Å². The molecule has 1 fully saturated rings. The van der Waals surface area contributed by atoms with Crippen molar-refractivity contribution in [1.29, 1.82) is 0 Å². The first kappa shape index (κ1) is 17.5. The Morgan fingerprint density at radius 1 is 1.15 bits per heavy atom. The molecule has 27 heavy (non-hydrogen) atoms. The van der Waals surface area contributed by atoms with Crippen LogP contribution in [-0.2, 0) is 0 Å². The lowest BCUT2D eigenvalue weighted by atomic mass is 10.1. The summed E-state index contributed by atoms with van der Waals surface area (Å²) in [6.45, 7) is 1.46. The molecule has 138 valence electrons. The molecule has 1 aliphatic heterocycles. The standard InChI is InChI=1S/C19H19N5O2S/c1-26-16-6-4-15(5-7-16)24-18(14-3-2-8-20-13-14)17(21-22-24)19(25)23-9-11-27-12-10-23/h2-8,13H,9-12H2,1H3. The lowest BCUT2D eigenvalue weighted by molar-refractivity contribution is 0.0767. The quantitative estimate of drug-likeness (QED) is 0.691. The largest absolute Gasteiger partial charge is 0.497 e. The van der Waals surface area contributed by atoms with Gasteiger partial charge in [0.1, 0.15) is 11.4 Å². The van der Waals surface area contributed by atoms with Crippen molar-refractivity contribution >= 4 is 17.7 Å². The summed E-state index contributed by atoms with van der Waals surface area (Å²) in [7, 11) is 1.62. The fraction of sp³-hybridized carbons (Fsp3) is 0.263. The van der Waals surface area contributed by atoms with Crippen LogP contribution in [0.3, 0.4) is 0 Å². The first-order valence-electron chi connectivity index (χ1n) is 8.65. The van der Waals surface area contributed by atoms with Crippen LogP contribution in [0.15, 0.2) is 48.8 Å². The van der Waals surface area contributed by atoms with Gasteiger partial charge in [-0.3, -0.25) is 9.78 Å². The minimum atomic E-state index is -0.0890. The number of hydrogen-bond acceptors (Lipinski definition) is 6. The highest BCUT2D eigenvalue weighted by Crippen LogP contribution is 2.27. The lowest BCUT2D eigenvalue weighted by Gasteiger charge is -2.25. The molecular weight excluding hydrogens is 362 g/mol. The number of thioether (sulfide) groups is 1. The predicted molar refractivity (Wildman–Crippen MR) is 104 cm³/mol. The maximum atomic E-state index is 13.1. The number of ether oxygens (including phenoxy) is 1. The van der Waals surface area contributed by atoms with Crippen molar-refractivity contribution in [1.82, 2.24) is 24.9 Å². The fourth-order valence-electron chi connectivity index (χ4n) is 3.01. The Morgan fingerprint density at radius 3 is 2.59 bits per heavy atom. The normalized spacial score (nSPS) is 14.2. The molecule has 0 spiro atoms. The predicted octanol–water partition coefficient (Wildman–Crippen LogP) is 2.53. The van der Waals surface area contributed by atoms with Gasteiger partial charge in [-0.05, 0) is 36.4 Å². The van der Waals surface area contributed by atoms with Crippen molar-refractivity contribution in [2.45, 2.75) is 0 Å². The molecule has 1 aliphatic rings. The molecule has 0 radical (unpaired) electrons. The molecule has 0 bridgehead atoms. The SMILES string of the molecule is COc1ccc(-n2nnc(C(=O)N3CCSCC3)c2-c2cccnc2)cc1. The maximum Gasteiger partial charge on any atom is 0.276 e. The van der Waals surface area contributed by atoms with E-state index in [9.17, 15) is 4.79 Å². The second-order valence-corrected chi connectivity index (χ2v) is 7.27. The molecule has 7 nitrogen and oxygen atoms in total. The van der Waals surface area contributed by atoms with Crippen molar-refractivity contribution in [3.05, 3.63) is 54.5 Å². The summed E-state index contributed by atoms with van der Waals surface area (Å²) in [5.74, 6) is 2.55. The molecule has 1 saturated heterocycles. The van der Waals surface area contributed by atoms with Crippen LogP contribution in [0.25, 0.3) is 16.9 Å². The van der Waals surface area contributed by atoms with Crippen LogP contribution < -0.4 is 4.74 Å². The van der Waals surface area contributed by atoms with Crippen LogP contribution in [0.2, 0.25) is 0 Å². The average Bonchev–Trinajstić information content (AvgIpc) is 3.19. The number of nitrogens with zero attached hydrogens (tertiary/aromatic N) is 5. The van der Waals surface area contributed by atoms with Gasteiger partial charge in [0.25, 0.3) is 5.91 Å². The van der Waals surface area contributed by atoms with Crippen molar-refractivity contribution in [3.8, 4) is 22.7 Å². The van der Waals surface area contributed by atoms with Crippen LogP contribution in [-0.4, -0.2) is 62.5 Å². The summed E-state index contributed by atoms with van der Waals surface area (Å²) in [5.41, 5.74) is 2.60. The van der Waals surface area contributed by atoms with Gasteiger partial charge in [0.2, 0.25) is 0 Å². The highest BCUT2D eigenvalue weighted by atomic mass is 32.2. The average molecular weight is 381 g/mol. The van der Waals surface area contributed by atoms with E-state index in [0.717, 1.165) is 41.6 Å². The van der Waals surface area contributed by atoms with Gasteiger partial charge < -0.3 is 9.64 Å². The molecule has 0 unspecified atom stereocenters. The monoisotopic (exact) mass is 381 g/mol.